The van der Waals surface area contributed by atoms with Crippen molar-refractivity contribution in [3.63, 3.8) is 0 Å². The minimum atomic E-state index is -4.37. The van der Waals surface area contributed by atoms with Gasteiger partial charge in [-0.15, -0.1) is 0 Å². The van der Waals surface area contributed by atoms with Crippen LogP contribution in [0, 0.1) is 0 Å². The van der Waals surface area contributed by atoms with E-state index in [0.717, 1.165) is 22.6 Å². The molecule has 0 unspecified atom stereocenters. The Bertz CT molecular complexity index is 445. The van der Waals surface area contributed by atoms with Gasteiger partial charge in [-0.25, -0.2) is 0 Å². The second-order valence-corrected chi connectivity index (χ2v) is 5.69. The number of unbranched alkanes of at least 4 members (excludes halogenated alkanes) is 1. The number of carbonyl (C=O) groups is 1. The summed E-state index contributed by atoms with van der Waals surface area (Å²) < 4.78 is 37.7. The van der Waals surface area contributed by atoms with E-state index in [9.17, 15) is 18.0 Å². The number of benzene rings is 1. The molecule has 0 N–H and O–H groups in total. The Morgan fingerprint density at radius 3 is 2.33 bits per heavy atom. The molecule has 1 amide bonds. The lowest BCUT2D eigenvalue weighted by molar-refractivity contribution is -0.140. The van der Waals surface area contributed by atoms with Crippen LogP contribution in [-0.2, 0) is 5.75 Å². The fourth-order valence-electron chi connectivity index (χ4n) is 1.91. The minimum absolute atomic E-state index is 0.126. The Hall–Kier alpha value is -1.17. The summed E-state index contributed by atoms with van der Waals surface area (Å²) in [6, 6.07) is 6.77. The highest BCUT2D eigenvalue weighted by Crippen LogP contribution is 2.19. The number of halogens is 3. The fourth-order valence-corrected chi connectivity index (χ4v) is 2.44. The highest BCUT2D eigenvalue weighted by molar-refractivity contribution is 7.97. The number of thioether (sulfide) groups is 1. The van der Waals surface area contributed by atoms with Gasteiger partial charge in [0.05, 0.1) is 0 Å². The van der Waals surface area contributed by atoms with Gasteiger partial charge in [0.15, 0.2) is 0 Å². The fraction of sp³-hybridized carbons (Fsp3) is 0.533. The monoisotopic (exact) mass is 319 g/mol. The molecular formula is C15H20F3NOS. The molecule has 0 saturated carbocycles. The maximum Gasteiger partial charge on any atom is 0.406 e. The highest BCUT2D eigenvalue weighted by atomic mass is 32.2. The third-order valence-corrected chi connectivity index (χ3v) is 3.57. The molecule has 2 nitrogen and oxygen atoms in total. The van der Waals surface area contributed by atoms with Crippen LogP contribution in [0.4, 0.5) is 13.2 Å². The van der Waals surface area contributed by atoms with Crippen LogP contribution in [0.2, 0.25) is 0 Å². The summed E-state index contributed by atoms with van der Waals surface area (Å²) in [5.41, 5.74) is 1.36. The summed E-state index contributed by atoms with van der Waals surface area (Å²) in [6.45, 7) is 0.813. The standard InChI is InChI=1S/C15H20F3NOS/c1-3-4-9-19(11-15(16,17)18)14(20)13-7-5-12(6-8-13)10-21-2/h5-8H,3-4,9-11H2,1-2H3. The van der Waals surface area contributed by atoms with Crippen molar-refractivity contribution >= 4 is 17.7 Å². The van der Waals surface area contributed by atoms with E-state index < -0.39 is 18.6 Å². The number of carbonyl (C=O) groups excluding carboxylic acids is 1. The van der Waals surface area contributed by atoms with E-state index in [-0.39, 0.29) is 6.54 Å². The van der Waals surface area contributed by atoms with Gasteiger partial charge in [0, 0.05) is 17.9 Å². The van der Waals surface area contributed by atoms with Crippen molar-refractivity contribution in [3.05, 3.63) is 35.4 Å². The Kier molecular flexibility index (Phi) is 7.08. The zero-order valence-corrected chi connectivity index (χ0v) is 13.1. The van der Waals surface area contributed by atoms with E-state index >= 15 is 0 Å². The summed E-state index contributed by atoms with van der Waals surface area (Å²) in [5, 5.41) is 0. The molecule has 118 valence electrons. The molecule has 0 radical (unpaired) electrons. The summed E-state index contributed by atoms with van der Waals surface area (Å²) in [5.74, 6) is 0.257. The van der Waals surface area contributed by atoms with E-state index in [0.29, 0.717) is 12.0 Å². The van der Waals surface area contributed by atoms with Crippen molar-refractivity contribution in [2.24, 2.45) is 0 Å². The number of rotatable bonds is 7. The van der Waals surface area contributed by atoms with Crippen molar-refractivity contribution in [1.82, 2.24) is 4.90 Å². The van der Waals surface area contributed by atoms with Gasteiger partial charge < -0.3 is 4.90 Å². The molecule has 1 aromatic rings. The van der Waals surface area contributed by atoms with Gasteiger partial charge >= 0.3 is 6.18 Å². The lowest BCUT2D eigenvalue weighted by Gasteiger charge is -2.24. The van der Waals surface area contributed by atoms with Crippen LogP contribution >= 0.6 is 11.8 Å². The molecule has 0 aromatic heterocycles. The van der Waals surface area contributed by atoms with E-state index in [2.05, 4.69) is 0 Å². The number of hydrogen-bond donors (Lipinski definition) is 0. The van der Waals surface area contributed by atoms with Crippen LogP contribution in [0.3, 0.4) is 0 Å². The van der Waals surface area contributed by atoms with Crippen LogP contribution in [0.1, 0.15) is 35.7 Å². The molecule has 0 aliphatic carbocycles. The predicted molar refractivity (Wildman–Crippen MR) is 80.5 cm³/mol. The molecule has 0 atom stereocenters. The van der Waals surface area contributed by atoms with Crippen LogP contribution in [0.15, 0.2) is 24.3 Å². The smallest absolute Gasteiger partial charge is 0.330 e. The van der Waals surface area contributed by atoms with E-state index in [1.165, 1.54) is 0 Å². The molecule has 0 aliphatic rings. The zero-order valence-electron chi connectivity index (χ0n) is 12.2. The first-order chi connectivity index (χ1) is 9.87. The molecule has 6 heteroatoms. The highest BCUT2D eigenvalue weighted by Gasteiger charge is 2.33. The van der Waals surface area contributed by atoms with Crippen molar-refractivity contribution in [1.29, 1.82) is 0 Å². The molecular weight excluding hydrogens is 299 g/mol. The lowest BCUT2D eigenvalue weighted by atomic mass is 10.1. The zero-order chi connectivity index (χ0) is 15.9. The van der Waals surface area contributed by atoms with Gasteiger partial charge in [-0.3, -0.25) is 4.79 Å². The first-order valence-electron chi connectivity index (χ1n) is 6.81. The van der Waals surface area contributed by atoms with Gasteiger partial charge in [-0.05, 0) is 30.4 Å². The molecule has 0 heterocycles. The Morgan fingerprint density at radius 2 is 1.86 bits per heavy atom. The van der Waals surface area contributed by atoms with E-state index in [1.807, 2.05) is 13.2 Å². The van der Waals surface area contributed by atoms with Gasteiger partial charge in [0.25, 0.3) is 5.91 Å². The molecule has 0 fully saturated rings. The summed E-state index contributed by atoms with van der Waals surface area (Å²) in [7, 11) is 0. The second-order valence-electron chi connectivity index (χ2n) is 4.83. The Labute approximate surface area is 127 Å². The normalized spacial score (nSPS) is 11.5. The first kappa shape index (κ1) is 17.9. The van der Waals surface area contributed by atoms with Crippen molar-refractivity contribution in [2.75, 3.05) is 19.3 Å². The molecule has 0 aliphatic heterocycles. The summed E-state index contributed by atoms with van der Waals surface area (Å²) >= 11 is 1.65. The van der Waals surface area contributed by atoms with E-state index in [1.54, 1.807) is 36.0 Å². The average Bonchev–Trinajstić information content (AvgIpc) is 2.43. The minimum Gasteiger partial charge on any atom is -0.330 e. The third-order valence-electron chi connectivity index (χ3n) is 2.95. The predicted octanol–water partition coefficient (Wildman–Crippen LogP) is 4.35. The largest absolute Gasteiger partial charge is 0.406 e. The molecule has 1 aromatic carbocycles. The average molecular weight is 319 g/mol. The number of amides is 1. The van der Waals surface area contributed by atoms with Crippen LogP contribution in [0.25, 0.3) is 0 Å². The lowest BCUT2D eigenvalue weighted by Crippen LogP contribution is -2.39. The molecule has 0 spiro atoms. The number of hydrogen-bond acceptors (Lipinski definition) is 2. The van der Waals surface area contributed by atoms with E-state index in [4.69, 9.17) is 0 Å². The van der Waals surface area contributed by atoms with Crippen LogP contribution < -0.4 is 0 Å². The maximum absolute atomic E-state index is 12.6. The molecule has 0 bridgehead atoms. The van der Waals surface area contributed by atoms with Gasteiger partial charge in [-0.2, -0.15) is 24.9 Å². The van der Waals surface area contributed by atoms with Crippen molar-refractivity contribution < 1.29 is 18.0 Å². The quantitative estimate of drug-likeness (QED) is 0.744. The summed E-state index contributed by atoms with van der Waals surface area (Å²) in [4.78, 5) is 13.1. The Balaban J connectivity index is 2.82. The van der Waals surface area contributed by atoms with Crippen molar-refractivity contribution in [2.45, 2.75) is 31.7 Å². The molecule has 0 saturated heterocycles. The van der Waals surface area contributed by atoms with Crippen LogP contribution in [0.5, 0.6) is 0 Å². The number of nitrogens with zero attached hydrogens (tertiary/aromatic N) is 1. The van der Waals surface area contributed by atoms with Gasteiger partial charge in [0.2, 0.25) is 0 Å². The number of alkyl halides is 3. The maximum atomic E-state index is 12.6. The van der Waals surface area contributed by atoms with Gasteiger partial charge in [-0.1, -0.05) is 25.5 Å². The topological polar surface area (TPSA) is 20.3 Å². The Morgan fingerprint density at radius 1 is 1.24 bits per heavy atom. The van der Waals surface area contributed by atoms with Crippen molar-refractivity contribution in [3.8, 4) is 0 Å². The summed E-state index contributed by atoms with van der Waals surface area (Å²) in [6.07, 6.45) is -1.10. The third kappa shape index (κ3) is 6.42. The SMILES string of the molecule is CCCCN(CC(F)(F)F)C(=O)c1ccc(CSC)cc1. The van der Waals surface area contributed by atoms with Gasteiger partial charge in [0.1, 0.15) is 6.54 Å². The molecule has 1 rings (SSSR count). The molecule has 21 heavy (non-hydrogen) atoms. The van der Waals surface area contributed by atoms with Crippen LogP contribution in [-0.4, -0.2) is 36.3 Å². The second kappa shape index (κ2) is 8.32. The first-order valence-corrected chi connectivity index (χ1v) is 8.20.